The van der Waals surface area contributed by atoms with Gasteiger partial charge in [-0.15, -0.1) is 0 Å². The lowest BCUT2D eigenvalue weighted by Gasteiger charge is -2.31. The van der Waals surface area contributed by atoms with Gasteiger partial charge in [-0.2, -0.15) is 5.10 Å². The molecular formula is C28H29ClN6O2. The van der Waals surface area contributed by atoms with E-state index in [2.05, 4.69) is 50.2 Å². The third kappa shape index (κ3) is 6.04. The molecule has 0 radical (unpaired) electrons. The molecule has 3 aromatic carbocycles. The molecule has 1 aliphatic heterocycles. The number of rotatable bonds is 7. The number of carbonyl (C=O) groups is 1. The second-order valence-corrected chi connectivity index (χ2v) is 9.49. The Bertz CT molecular complexity index is 1360. The number of piperidine rings is 1. The second-order valence-electron chi connectivity index (χ2n) is 9.08. The molecule has 37 heavy (non-hydrogen) atoms. The molecule has 0 unspecified atom stereocenters. The van der Waals surface area contributed by atoms with Crippen LogP contribution in [-0.2, 0) is 7.05 Å². The van der Waals surface area contributed by atoms with Gasteiger partial charge >= 0.3 is 0 Å². The maximum absolute atomic E-state index is 12.4. The Morgan fingerprint density at radius 2 is 1.49 bits per heavy atom. The summed E-state index contributed by atoms with van der Waals surface area (Å²) in [5.41, 5.74) is 5.85. The molecule has 0 aliphatic carbocycles. The fourth-order valence-electron chi connectivity index (χ4n) is 4.32. The summed E-state index contributed by atoms with van der Waals surface area (Å²) in [6.45, 7) is 1.77. The van der Waals surface area contributed by atoms with Crippen molar-refractivity contribution in [3.8, 4) is 0 Å². The van der Waals surface area contributed by atoms with Crippen molar-refractivity contribution in [3.63, 3.8) is 0 Å². The molecule has 9 heteroatoms. The average molecular weight is 517 g/mol. The molecule has 1 aliphatic rings. The van der Waals surface area contributed by atoms with E-state index in [1.54, 1.807) is 31.4 Å². The number of nitrogens with zero attached hydrogens (tertiary/aromatic N) is 3. The number of amides is 1. The zero-order chi connectivity index (χ0) is 25.8. The minimum absolute atomic E-state index is 0.171. The number of carbonyl (C=O) groups excluding carboxylic acids is 1. The van der Waals surface area contributed by atoms with Crippen molar-refractivity contribution in [1.82, 2.24) is 9.78 Å². The van der Waals surface area contributed by atoms with Gasteiger partial charge in [-0.25, -0.2) is 0 Å². The first-order chi connectivity index (χ1) is 17.9. The number of aliphatic hydroxyl groups is 1. The average Bonchev–Trinajstić information content (AvgIpc) is 3.34. The number of anilines is 6. The molecule has 5 rings (SSSR count). The van der Waals surface area contributed by atoms with Gasteiger partial charge < -0.3 is 26.0 Å². The number of aromatic nitrogens is 2. The molecule has 8 nitrogen and oxygen atoms in total. The highest BCUT2D eigenvalue weighted by molar-refractivity contribution is 6.33. The zero-order valence-electron chi connectivity index (χ0n) is 20.5. The van der Waals surface area contributed by atoms with Gasteiger partial charge in [-0.05, 0) is 85.6 Å². The van der Waals surface area contributed by atoms with Crippen molar-refractivity contribution in [2.45, 2.75) is 18.9 Å². The van der Waals surface area contributed by atoms with Crippen molar-refractivity contribution in [2.75, 3.05) is 33.9 Å². The van der Waals surface area contributed by atoms with Crippen molar-refractivity contribution in [2.24, 2.45) is 7.05 Å². The summed E-state index contributed by atoms with van der Waals surface area (Å²) in [4.78, 5) is 14.7. The maximum atomic E-state index is 12.4. The van der Waals surface area contributed by atoms with Gasteiger partial charge in [0.15, 0.2) is 0 Å². The Balaban J connectivity index is 1.17. The van der Waals surface area contributed by atoms with Gasteiger partial charge in [0, 0.05) is 54.8 Å². The molecule has 190 valence electrons. The Morgan fingerprint density at radius 3 is 2.08 bits per heavy atom. The lowest BCUT2D eigenvalue weighted by atomic mass is 10.1. The zero-order valence-corrected chi connectivity index (χ0v) is 21.2. The van der Waals surface area contributed by atoms with Crippen LogP contribution in [-0.4, -0.2) is 40.0 Å². The van der Waals surface area contributed by atoms with E-state index in [-0.39, 0.29) is 12.0 Å². The fraction of sp³-hybridized carbons (Fsp3) is 0.214. The van der Waals surface area contributed by atoms with Gasteiger partial charge in [0.1, 0.15) is 5.69 Å². The largest absolute Gasteiger partial charge is 0.393 e. The number of aliphatic hydroxyl groups excluding tert-OH is 1. The van der Waals surface area contributed by atoms with E-state index in [9.17, 15) is 9.90 Å². The van der Waals surface area contributed by atoms with E-state index in [4.69, 9.17) is 11.6 Å². The van der Waals surface area contributed by atoms with Gasteiger partial charge in [0.25, 0.3) is 5.91 Å². The van der Waals surface area contributed by atoms with Crippen LogP contribution in [0.5, 0.6) is 0 Å². The summed E-state index contributed by atoms with van der Waals surface area (Å²) >= 11 is 6.47. The Labute approximate surface area is 220 Å². The third-order valence-electron chi connectivity index (χ3n) is 6.43. The Kier molecular flexibility index (Phi) is 7.30. The topological polar surface area (TPSA) is 94.5 Å². The molecule has 4 aromatic rings. The number of halogens is 1. The first-order valence-electron chi connectivity index (χ1n) is 12.2. The fourth-order valence-corrected chi connectivity index (χ4v) is 4.55. The van der Waals surface area contributed by atoms with Crippen molar-refractivity contribution in [1.29, 1.82) is 0 Å². The van der Waals surface area contributed by atoms with E-state index >= 15 is 0 Å². The molecule has 0 atom stereocenters. The molecule has 0 bridgehead atoms. The van der Waals surface area contributed by atoms with Crippen LogP contribution >= 0.6 is 11.6 Å². The summed E-state index contributed by atoms with van der Waals surface area (Å²) in [7, 11) is 1.72. The van der Waals surface area contributed by atoms with Crippen LogP contribution < -0.4 is 20.9 Å². The number of aryl methyl sites for hydroxylation is 1. The lowest BCUT2D eigenvalue weighted by molar-refractivity contribution is 0.101. The number of hydrogen-bond acceptors (Lipinski definition) is 6. The minimum Gasteiger partial charge on any atom is -0.393 e. The minimum atomic E-state index is -0.249. The molecule has 4 N–H and O–H groups in total. The Hall–Kier alpha value is -4.01. The maximum Gasteiger partial charge on any atom is 0.273 e. The van der Waals surface area contributed by atoms with E-state index in [0.29, 0.717) is 16.4 Å². The highest BCUT2D eigenvalue weighted by Crippen LogP contribution is 2.30. The second kappa shape index (κ2) is 10.9. The molecule has 1 amide bonds. The standard InChI is InChI=1S/C28H29ClN6O2/c1-34-27(12-15-30-34)28(37)33-22-8-11-26(25(29)18-22)32-21-4-2-19(3-5-21)31-20-6-9-23(10-7-20)35-16-13-24(36)14-17-35/h2-12,15,18,24,31-32,36H,13-14,16-17H2,1H3,(H,33,37). The first-order valence-corrected chi connectivity index (χ1v) is 12.6. The Morgan fingerprint density at radius 1 is 0.892 bits per heavy atom. The highest BCUT2D eigenvalue weighted by atomic mass is 35.5. The molecule has 0 spiro atoms. The third-order valence-corrected chi connectivity index (χ3v) is 6.74. The quantitative estimate of drug-likeness (QED) is 0.249. The van der Waals surface area contributed by atoms with E-state index < -0.39 is 0 Å². The number of benzene rings is 3. The van der Waals surface area contributed by atoms with Crippen LogP contribution in [0.1, 0.15) is 23.3 Å². The smallest absolute Gasteiger partial charge is 0.273 e. The van der Waals surface area contributed by atoms with Gasteiger partial charge in [0.05, 0.1) is 16.8 Å². The molecular weight excluding hydrogens is 488 g/mol. The predicted molar refractivity (Wildman–Crippen MR) is 150 cm³/mol. The summed E-state index contributed by atoms with van der Waals surface area (Å²) in [5.74, 6) is -0.249. The van der Waals surface area contributed by atoms with Crippen molar-refractivity contribution in [3.05, 3.63) is 89.7 Å². The summed E-state index contributed by atoms with van der Waals surface area (Å²) in [6.07, 6.45) is 3.04. The van der Waals surface area contributed by atoms with Crippen LogP contribution in [0.15, 0.2) is 79.0 Å². The summed E-state index contributed by atoms with van der Waals surface area (Å²) < 4.78 is 1.52. The molecule has 2 heterocycles. The molecule has 1 aromatic heterocycles. The lowest BCUT2D eigenvalue weighted by Crippen LogP contribution is -2.35. The van der Waals surface area contributed by atoms with E-state index in [1.165, 1.54) is 10.4 Å². The monoisotopic (exact) mass is 516 g/mol. The normalized spacial score (nSPS) is 13.9. The highest BCUT2D eigenvalue weighted by Gasteiger charge is 2.17. The predicted octanol–water partition coefficient (Wildman–Crippen LogP) is 5.77. The molecule has 1 saturated heterocycles. The van der Waals surface area contributed by atoms with Gasteiger partial charge in [-0.1, -0.05) is 11.6 Å². The molecule has 0 saturated carbocycles. The van der Waals surface area contributed by atoms with Gasteiger partial charge in [-0.3, -0.25) is 9.48 Å². The van der Waals surface area contributed by atoms with Crippen LogP contribution in [0.3, 0.4) is 0 Å². The van der Waals surface area contributed by atoms with E-state index in [1.807, 2.05) is 30.3 Å². The first kappa shape index (κ1) is 24.7. The van der Waals surface area contributed by atoms with Crippen LogP contribution in [0.25, 0.3) is 0 Å². The van der Waals surface area contributed by atoms with Crippen molar-refractivity contribution < 1.29 is 9.90 Å². The van der Waals surface area contributed by atoms with Crippen LogP contribution in [0.2, 0.25) is 5.02 Å². The van der Waals surface area contributed by atoms with E-state index in [0.717, 1.165) is 48.7 Å². The number of hydrogen-bond donors (Lipinski definition) is 4. The number of nitrogens with one attached hydrogen (secondary N) is 3. The summed E-state index contributed by atoms with van der Waals surface area (Å²) in [6, 6.07) is 23.3. The molecule has 1 fully saturated rings. The van der Waals surface area contributed by atoms with Crippen molar-refractivity contribution >= 4 is 51.6 Å². The van der Waals surface area contributed by atoms with Crippen LogP contribution in [0, 0.1) is 0 Å². The van der Waals surface area contributed by atoms with Crippen LogP contribution in [0.4, 0.5) is 34.1 Å². The SMILES string of the molecule is Cn1nccc1C(=O)Nc1ccc(Nc2ccc(Nc3ccc(N4CCC(O)CC4)cc3)cc2)c(Cl)c1. The van der Waals surface area contributed by atoms with Gasteiger partial charge in [0.2, 0.25) is 0 Å². The summed E-state index contributed by atoms with van der Waals surface area (Å²) in [5, 5.41) is 23.8.